The zero-order valence-corrected chi connectivity index (χ0v) is 20.4. The molecule has 5 nitrogen and oxygen atoms in total. The zero-order valence-electron chi connectivity index (χ0n) is 20.4. The molecule has 1 aliphatic rings. The average Bonchev–Trinajstić information content (AvgIpc) is 2.93. The third-order valence-corrected chi connectivity index (χ3v) is 4.51. The van der Waals surface area contributed by atoms with E-state index >= 15 is 0 Å². The summed E-state index contributed by atoms with van der Waals surface area (Å²) in [5.74, 6) is -2.20. The standard InChI is InChI=1S/C18H26BF2NO4.2C2H6/c1-9-13(21)16(22-10-14(23)24-8)15(12(3)20)11(2)19-25-17(4,5)18(6,7)26-19;2*1-2/h10H,2,9H2,1,3-8H3;2*1-2H3/b15-12+,16-13-,22-10?;;. The van der Waals surface area contributed by atoms with E-state index in [1.807, 2.05) is 55.4 Å². The largest absolute Gasteiger partial charge is 0.495 e. The second-order valence-electron chi connectivity index (χ2n) is 6.91. The van der Waals surface area contributed by atoms with Crippen LogP contribution in [0.25, 0.3) is 0 Å². The minimum Gasteiger partial charge on any atom is -0.465 e. The number of carbonyl (C=O) groups excluding carboxylic acids is 1. The van der Waals surface area contributed by atoms with Crippen LogP contribution in [0.2, 0.25) is 0 Å². The van der Waals surface area contributed by atoms with Gasteiger partial charge >= 0.3 is 13.1 Å². The maximum absolute atomic E-state index is 14.4. The van der Waals surface area contributed by atoms with Gasteiger partial charge < -0.3 is 14.0 Å². The van der Waals surface area contributed by atoms with Gasteiger partial charge in [-0.1, -0.05) is 41.2 Å². The number of ether oxygens (including phenoxy) is 1. The van der Waals surface area contributed by atoms with Crippen molar-refractivity contribution in [1.29, 1.82) is 0 Å². The normalized spacial score (nSPS) is 18.4. The summed E-state index contributed by atoms with van der Waals surface area (Å²) in [6.45, 7) is 21.9. The van der Waals surface area contributed by atoms with Crippen molar-refractivity contribution in [2.24, 2.45) is 4.99 Å². The van der Waals surface area contributed by atoms with E-state index in [2.05, 4.69) is 16.3 Å². The van der Waals surface area contributed by atoms with Crippen LogP contribution in [0.15, 0.2) is 40.0 Å². The molecule has 0 unspecified atom stereocenters. The molecule has 0 spiro atoms. The van der Waals surface area contributed by atoms with Gasteiger partial charge in [0.05, 0.1) is 18.3 Å². The number of esters is 1. The van der Waals surface area contributed by atoms with Gasteiger partial charge in [0.1, 0.15) is 23.6 Å². The van der Waals surface area contributed by atoms with Crippen LogP contribution in [0.5, 0.6) is 0 Å². The second-order valence-corrected chi connectivity index (χ2v) is 6.91. The van der Waals surface area contributed by atoms with Crippen LogP contribution in [0.3, 0.4) is 0 Å². The molecule has 0 atom stereocenters. The Morgan fingerprint density at radius 1 is 1.10 bits per heavy atom. The molecule has 1 saturated heterocycles. The monoisotopic (exact) mass is 429 g/mol. The highest BCUT2D eigenvalue weighted by atomic mass is 19.1. The van der Waals surface area contributed by atoms with Crippen molar-refractivity contribution < 1.29 is 27.6 Å². The summed E-state index contributed by atoms with van der Waals surface area (Å²) in [6, 6.07) is 0. The van der Waals surface area contributed by atoms with Crippen molar-refractivity contribution in [3.05, 3.63) is 35.0 Å². The average molecular weight is 429 g/mol. The predicted octanol–water partition coefficient (Wildman–Crippen LogP) is 6.30. The van der Waals surface area contributed by atoms with Gasteiger partial charge in [-0.2, -0.15) is 0 Å². The Labute approximate surface area is 181 Å². The maximum atomic E-state index is 14.4. The zero-order chi connectivity index (χ0) is 24.3. The molecule has 1 rings (SSSR count). The molecular weight excluding hydrogens is 391 g/mol. The SMILES string of the molecule is C=C(B1OC(C)(C)C(C)(C)O1)C(/C(N=CC(=O)OC)=C(/F)CC)=C(/C)F.CC.CC. The van der Waals surface area contributed by atoms with Crippen LogP contribution >= 0.6 is 0 Å². The molecule has 0 bridgehead atoms. The molecule has 0 amide bonds. The summed E-state index contributed by atoms with van der Waals surface area (Å²) in [5, 5.41) is 0. The lowest BCUT2D eigenvalue weighted by molar-refractivity contribution is -0.132. The number of methoxy groups -OCH3 is 1. The van der Waals surface area contributed by atoms with Crippen LogP contribution in [-0.4, -0.2) is 37.6 Å². The van der Waals surface area contributed by atoms with Gasteiger partial charge in [-0.05, 0) is 46.5 Å². The molecule has 0 saturated carbocycles. The highest BCUT2D eigenvalue weighted by Crippen LogP contribution is 2.41. The molecule has 0 aromatic carbocycles. The molecule has 1 heterocycles. The topological polar surface area (TPSA) is 57.1 Å². The first-order valence-electron chi connectivity index (χ1n) is 10.3. The van der Waals surface area contributed by atoms with Gasteiger partial charge in [-0.3, -0.25) is 0 Å². The third-order valence-electron chi connectivity index (χ3n) is 4.51. The van der Waals surface area contributed by atoms with E-state index in [0.29, 0.717) is 0 Å². The minimum atomic E-state index is -0.978. The van der Waals surface area contributed by atoms with Gasteiger partial charge in [0, 0.05) is 5.57 Å². The number of aliphatic imine (C=N–C) groups is 1. The molecule has 0 aromatic rings. The summed E-state index contributed by atoms with van der Waals surface area (Å²) >= 11 is 0. The van der Waals surface area contributed by atoms with Gasteiger partial charge in [-0.25, -0.2) is 18.6 Å². The Bertz CT molecular complexity index is 663. The minimum absolute atomic E-state index is 0.0404. The van der Waals surface area contributed by atoms with Crippen LogP contribution in [0.4, 0.5) is 8.78 Å². The number of halogens is 2. The molecule has 0 N–H and O–H groups in total. The Morgan fingerprint density at radius 2 is 1.53 bits per heavy atom. The van der Waals surface area contributed by atoms with E-state index in [1.54, 1.807) is 6.92 Å². The van der Waals surface area contributed by atoms with Crippen molar-refractivity contribution in [3.63, 3.8) is 0 Å². The molecule has 0 radical (unpaired) electrons. The molecule has 1 aliphatic heterocycles. The number of rotatable bonds is 6. The van der Waals surface area contributed by atoms with Crippen LogP contribution in [0, 0.1) is 0 Å². The Balaban J connectivity index is 0. The number of hydrogen-bond donors (Lipinski definition) is 0. The molecule has 8 heteroatoms. The second kappa shape index (κ2) is 13.5. The van der Waals surface area contributed by atoms with E-state index in [1.165, 1.54) is 0 Å². The summed E-state index contributed by atoms with van der Waals surface area (Å²) < 4.78 is 44.9. The Hall–Kier alpha value is -1.80. The highest BCUT2D eigenvalue weighted by molar-refractivity contribution is 6.56. The predicted molar refractivity (Wildman–Crippen MR) is 121 cm³/mol. The van der Waals surface area contributed by atoms with Crippen LogP contribution < -0.4 is 0 Å². The van der Waals surface area contributed by atoms with Crippen molar-refractivity contribution in [1.82, 2.24) is 0 Å². The quantitative estimate of drug-likeness (QED) is 0.215. The van der Waals surface area contributed by atoms with Crippen molar-refractivity contribution in [2.75, 3.05) is 7.11 Å². The molecule has 30 heavy (non-hydrogen) atoms. The van der Waals surface area contributed by atoms with Crippen LogP contribution in [-0.2, 0) is 18.8 Å². The fourth-order valence-corrected chi connectivity index (χ4v) is 2.25. The molecule has 0 aliphatic carbocycles. The van der Waals surface area contributed by atoms with E-state index < -0.39 is 35.9 Å². The van der Waals surface area contributed by atoms with Gasteiger partial charge in [0.25, 0.3) is 0 Å². The Kier molecular flexibility index (Phi) is 13.7. The smallest absolute Gasteiger partial charge is 0.465 e. The third kappa shape index (κ3) is 7.80. The molecule has 172 valence electrons. The fourth-order valence-electron chi connectivity index (χ4n) is 2.25. The number of nitrogens with zero attached hydrogens (tertiary/aromatic N) is 1. The lowest BCUT2D eigenvalue weighted by Crippen LogP contribution is -2.41. The van der Waals surface area contributed by atoms with E-state index in [-0.39, 0.29) is 23.2 Å². The number of allylic oxidation sites excluding steroid dienone is 3. The summed E-state index contributed by atoms with van der Waals surface area (Å²) in [5.41, 5.74) is -1.78. The van der Waals surface area contributed by atoms with Gasteiger partial charge in [-0.15, -0.1) is 0 Å². The number of hydrogen-bond acceptors (Lipinski definition) is 5. The van der Waals surface area contributed by atoms with Crippen molar-refractivity contribution >= 4 is 19.3 Å². The van der Waals surface area contributed by atoms with Crippen LogP contribution in [0.1, 0.15) is 75.7 Å². The van der Waals surface area contributed by atoms with Crippen molar-refractivity contribution in [2.45, 2.75) is 86.9 Å². The summed E-state index contributed by atoms with van der Waals surface area (Å²) in [7, 11) is 0.183. The lowest BCUT2D eigenvalue weighted by atomic mass is 9.73. The summed E-state index contributed by atoms with van der Waals surface area (Å²) in [6.07, 6.45) is 0.742. The molecular formula is C22H38BF2NO4. The van der Waals surface area contributed by atoms with E-state index in [9.17, 15) is 13.6 Å². The number of carbonyl (C=O) groups is 1. The lowest BCUT2D eigenvalue weighted by Gasteiger charge is -2.32. The van der Waals surface area contributed by atoms with E-state index in [0.717, 1.165) is 20.2 Å². The maximum Gasteiger partial charge on any atom is 0.495 e. The first-order valence-corrected chi connectivity index (χ1v) is 10.3. The summed E-state index contributed by atoms with van der Waals surface area (Å²) in [4.78, 5) is 15.1. The fraction of sp³-hybridized carbons (Fsp3) is 0.636. The molecule has 0 aromatic heterocycles. The van der Waals surface area contributed by atoms with E-state index in [4.69, 9.17) is 9.31 Å². The van der Waals surface area contributed by atoms with Crippen molar-refractivity contribution in [3.8, 4) is 0 Å². The first-order chi connectivity index (χ1) is 13.9. The highest BCUT2D eigenvalue weighted by Gasteiger charge is 2.52. The van der Waals surface area contributed by atoms with Gasteiger partial charge in [0.2, 0.25) is 0 Å². The first kappa shape index (κ1) is 30.4. The molecule has 1 fully saturated rings. The Morgan fingerprint density at radius 3 is 1.87 bits per heavy atom. The van der Waals surface area contributed by atoms with Gasteiger partial charge in [0.15, 0.2) is 0 Å².